The third-order valence-corrected chi connectivity index (χ3v) is 4.95. The van der Waals surface area contributed by atoms with Gasteiger partial charge in [-0.15, -0.1) is 0 Å². The van der Waals surface area contributed by atoms with E-state index in [4.69, 9.17) is 10.3 Å². The number of azide groups is 1. The van der Waals surface area contributed by atoms with Gasteiger partial charge in [0.05, 0.1) is 6.04 Å². The van der Waals surface area contributed by atoms with Crippen LogP contribution in [0.1, 0.15) is 37.4 Å². The van der Waals surface area contributed by atoms with Crippen LogP contribution in [0.2, 0.25) is 0 Å². The molecule has 0 bridgehead atoms. The molecule has 1 aliphatic heterocycles. The Morgan fingerprint density at radius 2 is 1.76 bits per heavy atom. The van der Waals surface area contributed by atoms with E-state index in [1.807, 2.05) is 74.5 Å². The maximum atomic E-state index is 13.0. The lowest BCUT2D eigenvalue weighted by atomic mass is 9.85. The average molecular weight is 392 g/mol. The van der Waals surface area contributed by atoms with E-state index in [1.54, 1.807) is 0 Å². The van der Waals surface area contributed by atoms with Crippen molar-refractivity contribution in [1.82, 2.24) is 4.90 Å². The van der Waals surface area contributed by atoms with E-state index < -0.39 is 24.1 Å². The molecule has 29 heavy (non-hydrogen) atoms. The number of nitrogens with zero attached hydrogens (tertiary/aromatic N) is 4. The van der Waals surface area contributed by atoms with E-state index in [0.29, 0.717) is 6.42 Å². The predicted molar refractivity (Wildman–Crippen MR) is 108 cm³/mol. The van der Waals surface area contributed by atoms with Crippen LogP contribution in [-0.2, 0) is 20.9 Å². The molecular formula is C22H24N4O3. The standard InChI is InChI=1S/C22H24N4O3/c1-15(2)13-18(22(28)29-14-16-9-5-3-6-10-16)26-20(17-11-7-4-8-12-17)19(21(26)27)24-25-23/h3-12,15,18-20H,13-14H2,1-2H3/t18-,19+,20-/m0/s1. The lowest BCUT2D eigenvalue weighted by Gasteiger charge is -2.49. The fourth-order valence-corrected chi connectivity index (χ4v) is 3.60. The summed E-state index contributed by atoms with van der Waals surface area (Å²) in [7, 11) is 0. The molecule has 7 nitrogen and oxygen atoms in total. The van der Waals surface area contributed by atoms with E-state index >= 15 is 0 Å². The van der Waals surface area contributed by atoms with Crippen LogP contribution in [0.3, 0.4) is 0 Å². The quantitative estimate of drug-likeness (QED) is 0.219. The topological polar surface area (TPSA) is 95.4 Å². The maximum absolute atomic E-state index is 13.0. The molecule has 150 valence electrons. The second kappa shape index (κ2) is 9.26. The molecule has 2 aromatic carbocycles. The molecular weight excluding hydrogens is 368 g/mol. The first-order valence-electron chi connectivity index (χ1n) is 9.64. The molecule has 0 aliphatic carbocycles. The van der Waals surface area contributed by atoms with E-state index in [2.05, 4.69) is 10.0 Å². The van der Waals surface area contributed by atoms with E-state index in [9.17, 15) is 9.59 Å². The van der Waals surface area contributed by atoms with Crippen LogP contribution in [-0.4, -0.2) is 28.9 Å². The zero-order chi connectivity index (χ0) is 20.8. The summed E-state index contributed by atoms with van der Waals surface area (Å²) in [6.45, 7) is 4.13. The second-order valence-corrected chi connectivity index (χ2v) is 7.49. The summed E-state index contributed by atoms with van der Waals surface area (Å²) >= 11 is 0. The number of benzene rings is 2. The molecule has 1 amide bonds. The molecule has 0 spiro atoms. The second-order valence-electron chi connectivity index (χ2n) is 7.49. The van der Waals surface area contributed by atoms with Crippen molar-refractivity contribution < 1.29 is 14.3 Å². The van der Waals surface area contributed by atoms with E-state index in [0.717, 1.165) is 11.1 Å². The fourth-order valence-electron chi connectivity index (χ4n) is 3.60. The molecule has 1 fully saturated rings. The van der Waals surface area contributed by atoms with Crippen molar-refractivity contribution in [3.05, 3.63) is 82.2 Å². The average Bonchev–Trinajstić information content (AvgIpc) is 2.74. The van der Waals surface area contributed by atoms with Gasteiger partial charge in [0.2, 0.25) is 5.91 Å². The van der Waals surface area contributed by atoms with Crippen molar-refractivity contribution in [3.8, 4) is 0 Å². The van der Waals surface area contributed by atoms with Gasteiger partial charge in [-0.2, -0.15) is 0 Å². The van der Waals surface area contributed by atoms with Gasteiger partial charge in [0.15, 0.2) is 0 Å². The zero-order valence-corrected chi connectivity index (χ0v) is 16.5. The summed E-state index contributed by atoms with van der Waals surface area (Å²) in [5.41, 5.74) is 10.6. The molecule has 1 saturated heterocycles. The Bertz CT molecular complexity index is 895. The summed E-state index contributed by atoms with van der Waals surface area (Å²) in [6.07, 6.45) is 0.464. The Kier molecular flexibility index (Phi) is 6.52. The van der Waals surface area contributed by atoms with Gasteiger partial charge in [0.1, 0.15) is 18.7 Å². The zero-order valence-electron chi connectivity index (χ0n) is 16.5. The van der Waals surface area contributed by atoms with Gasteiger partial charge in [0, 0.05) is 4.91 Å². The summed E-state index contributed by atoms with van der Waals surface area (Å²) in [5, 5.41) is 3.67. The normalized spacial score (nSPS) is 19.3. The highest BCUT2D eigenvalue weighted by atomic mass is 16.5. The Balaban J connectivity index is 1.84. The van der Waals surface area contributed by atoms with Crippen LogP contribution >= 0.6 is 0 Å². The molecule has 1 heterocycles. The van der Waals surface area contributed by atoms with Gasteiger partial charge >= 0.3 is 5.97 Å². The van der Waals surface area contributed by atoms with E-state index in [-0.39, 0.29) is 18.4 Å². The minimum absolute atomic E-state index is 0.145. The van der Waals surface area contributed by atoms with Gasteiger partial charge < -0.3 is 9.64 Å². The highest BCUT2D eigenvalue weighted by Crippen LogP contribution is 2.40. The van der Waals surface area contributed by atoms with Crippen molar-refractivity contribution in [3.63, 3.8) is 0 Å². The van der Waals surface area contributed by atoms with Crippen LogP contribution in [0.25, 0.3) is 10.4 Å². The molecule has 0 radical (unpaired) electrons. The Morgan fingerprint density at radius 1 is 1.14 bits per heavy atom. The monoisotopic (exact) mass is 392 g/mol. The number of carbonyl (C=O) groups is 2. The van der Waals surface area contributed by atoms with Gasteiger partial charge in [-0.25, -0.2) is 4.79 Å². The number of carbonyl (C=O) groups excluding carboxylic acids is 2. The van der Waals surface area contributed by atoms with Crippen molar-refractivity contribution >= 4 is 11.9 Å². The SMILES string of the molecule is CC(C)C[C@@H](C(=O)OCc1ccccc1)N1C(=O)[C@H](N=[N+]=[N-])[C@@H]1c1ccccc1. The van der Waals surface area contributed by atoms with Gasteiger partial charge in [-0.1, -0.05) is 79.6 Å². The molecule has 3 rings (SSSR count). The van der Waals surface area contributed by atoms with Gasteiger partial charge in [-0.05, 0) is 29.0 Å². The van der Waals surface area contributed by atoms with Crippen molar-refractivity contribution in [1.29, 1.82) is 0 Å². The van der Waals surface area contributed by atoms with Crippen molar-refractivity contribution in [2.45, 2.75) is 45.0 Å². The maximum Gasteiger partial charge on any atom is 0.329 e. The number of likely N-dealkylation sites (tertiary alicyclic amines) is 1. The number of hydrogen-bond acceptors (Lipinski definition) is 4. The summed E-state index contributed by atoms with van der Waals surface area (Å²) in [5.74, 6) is -0.623. The third kappa shape index (κ3) is 4.58. The molecule has 2 aromatic rings. The summed E-state index contributed by atoms with van der Waals surface area (Å²) in [4.78, 5) is 30.1. The van der Waals surface area contributed by atoms with Crippen LogP contribution in [0.15, 0.2) is 65.8 Å². The molecule has 7 heteroatoms. The number of β-lactam (4-membered cyclic amide) rings is 1. The van der Waals surface area contributed by atoms with Crippen LogP contribution in [0.5, 0.6) is 0 Å². The van der Waals surface area contributed by atoms with Crippen LogP contribution < -0.4 is 0 Å². The Hall–Kier alpha value is -3.31. The van der Waals surface area contributed by atoms with Crippen LogP contribution in [0, 0.1) is 5.92 Å². The molecule has 0 saturated carbocycles. The molecule has 3 atom stereocenters. The molecule has 1 aliphatic rings. The minimum Gasteiger partial charge on any atom is -0.459 e. The summed E-state index contributed by atoms with van der Waals surface area (Å²) < 4.78 is 5.54. The predicted octanol–water partition coefficient (Wildman–Crippen LogP) is 4.41. The highest BCUT2D eigenvalue weighted by Gasteiger charge is 2.52. The summed E-state index contributed by atoms with van der Waals surface area (Å²) in [6, 6.07) is 16.7. The van der Waals surface area contributed by atoms with Gasteiger partial charge in [0.25, 0.3) is 0 Å². The number of ether oxygens (including phenoxy) is 1. The molecule has 0 N–H and O–H groups in total. The lowest BCUT2D eigenvalue weighted by molar-refractivity contribution is -0.169. The first-order chi connectivity index (χ1) is 14.0. The minimum atomic E-state index is -0.848. The fraction of sp³-hybridized carbons (Fsp3) is 0.364. The smallest absolute Gasteiger partial charge is 0.329 e. The first-order valence-corrected chi connectivity index (χ1v) is 9.64. The highest BCUT2D eigenvalue weighted by molar-refractivity contribution is 5.94. The van der Waals surface area contributed by atoms with Crippen molar-refractivity contribution in [2.75, 3.05) is 0 Å². The van der Waals surface area contributed by atoms with Crippen molar-refractivity contribution in [2.24, 2.45) is 11.0 Å². The number of esters is 1. The lowest BCUT2D eigenvalue weighted by Crippen LogP contribution is -2.63. The Morgan fingerprint density at radius 3 is 2.34 bits per heavy atom. The first kappa shape index (κ1) is 20.4. The Labute approximate surface area is 169 Å². The van der Waals surface area contributed by atoms with Gasteiger partial charge in [-0.3, -0.25) is 4.79 Å². The number of amides is 1. The van der Waals surface area contributed by atoms with Crippen LogP contribution in [0.4, 0.5) is 0 Å². The third-order valence-electron chi connectivity index (χ3n) is 4.95. The largest absolute Gasteiger partial charge is 0.459 e. The molecule has 0 unspecified atom stereocenters. The molecule has 0 aromatic heterocycles. The number of hydrogen-bond donors (Lipinski definition) is 0. The number of rotatable bonds is 8. The van der Waals surface area contributed by atoms with E-state index in [1.165, 1.54) is 4.90 Å².